The molecule has 0 spiro atoms. The molecule has 2 fully saturated rings. The van der Waals surface area contributed by atoms with Crippen molar-refractivity contribution in [2.24, 2.45) is 5.92 Å². The van der Waals surface area contributed by atoms with E-state index < -0.39 is 10.2 Å². The van der Waals surface area contributed by atoms with E-state index in [-0.39, 0.29) is 18.2 Å². The lowest BCUT2D eigenvalue weighted by molar-refractivity contribution is -0.0776. The van der Waals surface area contributed by atoms with E-state index in [0.717, 1.165) is 25.9 Å². The van der Waals surface area contributed by atoms with Crippen LogP contribution in [0, 0.1) is 5.92 Å². The lowest BCUT2D eigenvalue weighted by atomic mass is 10.0. The van der Waals surface area contributed by atoms with Gasteiger partial charge in [-0.3, -0.25) is 4.90 Å². The van der Waals surface area contributed by atoms with Crippen LogP contribution in [0.25, 0.3) is 0 Å². The first-order chi connectivity index (χ1) is 10.3. The first-order valence-electron chi connectivity index (χ1n) is 8.42. The lowest BCUT2D eigenvalue weighted by Gasteiger charge is -2.39. The average Bonchev–Trinajstić information content (AvgIpc) is 2.44. The highest BCUT2D eigenvalue weighted by Crippen LogP contribution is 2.18. The number of hydrogen-bond acceptors (Lipinski definition) is 4. The highest BCUT2D eigenvalue weighted by Gasteiger charge is 2.29. The maximum Gasteiger partial charge on any atom is 0.279 e. The molecule has 0 aromatic carbocycles. The third kappa shape index (κ3) is 4.89. The number of nitrogens with zero attached hydrogens (tertiary/aromatic N) is 2. The third-order valence-corrected chi connectivity index (χ3v) is 6.13. The molecular formula is C15H31N3O3S. The van der Waals surface area contributed by atoms with E-state index in [1.807, 2.05) is 0 Å². The number of ether oxygens (including phenoxy) is 1. The highest BCUT2D eigenvalue weighted by molar-refractivity contribution is 7.87. The van der Waals surface area contributed by atoms with Crippen molar-refractivity contribution < 1.29 is 13.2 Å². The van der Waals surface area contributed by atoms with Crippen LogP contribution in [-0.4, -0.2) is 68.6 Å². The second-order valence-corrected chi connectivity index (χ2v) is 8.77. The standard InChI is InChI=1S/C15H31N3O3S/c1-12-6-5-7-18(9-12)22(19,20)16-8-13(2)17-10-14(3)21-15(4)11-17/h12-16H,5-11H2,1-4H3/t12-,13+,14+,15+/m1/s1. The number of piperidine rings is 1. The molecule has 130 valence electrons. The molecule has 2 saturated heterocycles. The molecule has 7 heteroatoms. The summed E-state index contributed by atoms with van der Waals surface area (Å²) >= 11 is 0. The average molecular weight is 333 g/mol. The zero-order valence-electron chi connectivity index (χ0n) is 14.3. The summed E-state index contributed by atoms with van der Waals surface area (Å²) in [5.41, 5.74) is 0. The van der Waals surface area contributed by atoms with E-state index in [9.17, 15) is 8.42 Å². The summed E-state index contributed by atoms with van der Waals surface area (Å²) in [6, 6.07) is 0.172. The monoisotopic (exact) mass is 333 g/mol. The smallest absolute Gasteiger partial charge is 0.279 e. The lowest BCUT2D eigenvalue weighted by Crippen LogP contribution is -2.54. The number of nitrogens with one attached hydrogen (secondary N) is 1. The van der Waals surface area contributed by atoms with Crippen LogP contribution in [0.4, 0.5) is 0 Å². The van der Waals surface area contributed by atoms with Gasteiger partial charge < -0.3 is 4.74 Å². The fraction of sp³-hybridized carbons (Fsp3) is 1.00. The van der Waals surface area contributed by atoms with Gasteiger partial charge in [0.15, 0.2) is 0 Å². The summed E-state index contributed by atoms with van der Waals surface area (Å²) in [6.45, 7) is 11.7. The normalized spacial score (nSPS) is 33.7. The number of hydrogen-bond donors (Lipinski definition) is 1. The van der Waals surface area contributed by atoms with Crippen LogP contribution < -0.4 is 4.72 Å². The minimum absolute atomic E-state index is 0.172. The van der Waals surface area contributed by atoms with Crippen LogP contribution in [0.5, 0.6) is 0 Å². The number of morpholine rings is 1. The molecule has 2 aliphatic heterocycles. The molecule has 22 heavy (non-hydrogen) atoms. The van der Waals surface area contributed by atoms with Crippen LogP contribution >= 0.6 is 0 Å². The van der Waals surface area contributed by atoms with Gasteiger partial charge in [-0.2, -0.15) is 12.7 Å². The predicted molar refractivity (Wildman–Crippen MR) is 87.9 cm³/mol. The molecule has 0 aromatic rings. The molecule has 2 heterocycles. The van der Waals surface area contributed by atoms with E-state index in [4.69, 9.17) is 4.74 Å². The van der Waals surface area contributed by atoms with Gasteiger partial charge in [-0.05, 0) is 39.5 Å². The van der Waals surface area contributed by atoms with E-state index >= 15 is 0 Å². The quantitative estimate of drug-likeness (QED) is 0.817. The predicted octanol–water partition coefficient (Wildman–Crippen LogP) is 1.05. The minimum atomic E-state index is -3.35. The fourth-order valence-electron chi connectivity index (χ4n) is 3.39. The van der Waals surface area contributed by atoms with Gasteiger partial charge in [-0.25, -0.2) is 4.72 Å². The van der Waals surface area contributed by atoms with Crippen LogP contribution in [-0.2, 0) is 14.9 Å². The van der Waals surface area contributed by atoms with Crippen molar-refractivity contribution >= 4 is 10.2 Å². The molecule has 0 saturated carbocycles. The van der Waals surface area contributed by atoms with Crippen molar-refractivity contribution in [2.75, 3.05) is 32.7 Å². The molecule has 2 rings (SSSR count). The Morgan fingerprint density at radius 2 is 1.82 bits per heavy atom. The Bertz CT molecular complexity index is 447. The van der Waals surface area contributed by atoms with Crippen LogP contribution in [0.15, 0.2) is 0 Å². The van der Waals surface area contributed by atoms with Gasteiger partial charge in [0.05, 0.1) is 12.2 Å². The molecular weight excluding hydrogens is 302 g/mol. The van der Waals surface area contributed by atoms with Crippen LogP contribution in [0.3, 0.4) is 0 Å². The topological polar surface area (TPSA) is 61.9 Å². The summed E-state index contributed by atoms with van der Waals surface area (Å²) < 4.78 is 35.0. The van der Waals surface area contributed by atoms with E-state index in [0.29, 0.717) is 25.6 Å². The SMILES string of the molecule is C[C@@H]1CCCN(S(=O)(=O)NC[C@H](C)N2C[C@H](C)O[C@@H](C)C2)C1. The third-order valence-electron chi connectivity index (χ3n) is 4.59. The van der Waals surface area contributed by atoms with Gasteiger partial charge in [0.2, 0.25) is 0 Å². The van der Waals surface area contributed by atoms with Gasteiger partial charge in [-0.15, -0.1) is 0 Å². The Balaban J connectivity index is 1.85. The molecule has 2 aliphatic rings. The summed E-state index contributed by atoms with van der Waals surface area (Å²) in [4.78, 5) is 2.31. The first-order valence-corrected chi connectivity index (χ1v) is 9.86. The molecule has 0 unspecified atom stereocenters. The van der Waals surface area contributed by atoms with E-state index in [2.05, 4.69) is 37.3 Å². The van der Waals surface area contributed by atoms with Crippen molar-refractivity contribution in [3.05, 3.63) is 0 Å². The second kappa shape index (κ2) is 7.57. The molecule has 1 N–H and O–H groups in total. The molecule has 0 radical (unpaired) electrons. The van der Waals surface area contributed by atoms with Crippen molar-refractivity contribution in [3.8, 4) is 0 Å². The van der Waals surface area contributed by atoms with Crippen molar-refractivity contribution in [1.82, 2.24) is 13.9 Å². The van der Waals surface area contributed by atoms with Crippen molar-refractivity contribution in [3.63, 3.8) is 0 Å². The molecule has 0 aliphatic carbocycles. The second-order valence-electron chi connectivity index (χ2n) is 7.02. The van der Waals surface area contributed by atoms with Gasteiger partial charge in [0.1, 0.15) is 0 Å². The largest absolute Gasteiger partial charge is 0.373 e. The van der Waals surface area contributed by atoms with Crippen molar-refractivity contribution in [2.45, 2.75) is 58.8 Å². The summed E-state index contributed by atoms with van der Waals surface area (Å²) in [5.74, 6) is 0.448. The molecule has 4 atom stereocenters. The fourth-order valence-corrected chi connectivity index (χ4v) is 4.84. The van der Waals surface area contributed by atoms with Crippen molar-refractivity contribution in [1.29, 1.82) is 0 Å². The van der Waals surface area contributed by atoms with Crippen LogP contribution in [0.1, 0.15) is 40.5 Å². The van der Waals surface area contributed by atoms with Gasteiger partial charge in [0, 0.05) is 38.8 Å². The Morgan fingerprint density at radius 3 is 2.41 bits per heavy atom. The summed E-state index contributed by atoms with van der Waals surface area (Å²) in [6.07, 6.45) is 2.47. The van der Waals surface area contributed by atoms with E-state index in [1.165, 1.54) is 0 Å². The first kappa shape index (κ1) is 18.1. The summed E-state index contributed by atoms with van der Waals surface area (Å²) in [7, 11) is -3.35. The molecule has 0 amide bonds. The minimum Gasteiger partial charge on any atom is -0.373 e. The zero-order valence-corrected chi connectivity index (χ0v) is 15.1. The van der Waals surface area contributed by atoms with Crippen LogP contribution in [0.2, 0.25) is 0 Å². The molecule has 0 aromatic heterocycles. The van der Waals surface area contributed by atoms with E-state index in [1.54, 1.807) is 4.31 Å². The number of rotatable bonds is 5. The molecule has 0 bridgehead atoms. The molecule has 6 nitrogen and oxygen atoms in total. The van der Waals surface area contributed by atoms with Gasteiger partial charge >= 0.3 is 0 Å². The maximum atomic E-state index is 12.4. The van der Waals surface area contributed by atoms with Gasteiger partial charge in [-0.1, -0.05) is 6.92 Å². The Labute approximate surface area is 135 Å². The Kier molecular flexibility index (Phi) is 6.24. The Hall–Kier alpha value is -0.210. The zero-order chi connectivity index (χ0) is 16.3. The summed E-state index contributed by atoms with van der Waals surface area (Å²) in [5, 5.41) is 0. The van der Waals surface area contributed by atoms with Gasteiger partial charge in [0.25, 0.3) is 10.2 Å². The Morgan fingerprint density at radius 1 is 1.18 bits per heavy atom. The highest BCUT2D eigenvalue weighted by atomic mass is 32.2. The maximum absolute atomic E-state index is 12.4.